The van der Waals surface area contributed by atoms with Crippen molar-refractivity contribution in [2.45, 2.75) is 19.4 Å². The van der Waals surface area contributed by atoms with Crippen molar-refractivity contribution in [2.75, 3.05) is 11.4 Å². The highest BCUT2D eigenvalue weighted by Gasteiger charge is 2.33. The number of rotatable bonds is 3. The molecule has 6 heteroatoms. The molecule has 100 valence electrons. The molecule has 2 amide bonds. The van der Waals surface area contributed by atoms with E-state index in [0.717, 1.165) is 0 Å². The third-order valence-electron chi connectivity index (χ3n) is 3.07. The van der Waals surface area contributed by atoms with Crippen molar-refractivity contribution in [1.82, 2.24) is 5.32 Å². The van der Waals surface area contributed by atoms with Crippen LogP contribution in [0.5, 0.6) is 0 Å². The van der Waals surface area contributed by atoms with Crippen molar-refractivity contribution < 1.29 is 14.4 Å². The van der Waals surface area contributed by atoms with Crippen molar-refractivity contribution >= 4 is 35.4 Å². The van der Waals surface area contributed by atoms with E-state index in [4.69, 9.17) is 11.6 Å². The summed E-state index contributed by atoms with van der Waals surface area (Å²) < 4.78 is 0. The highest BCUT2D eigenvalue weighted by Crippen LogP contribution is 2.26. The van der Waals surface area contributed by atoms with E-state index in [9.17, 15) is 14.4 Å². The number of hydrogen-bond donors (Lipinski definition) is 1. The Morgan fingerprint density at radius 3 is 2.84 bits per heavy atom. The van der Waals surface area contributed by atoms with Crippen LogP contribution in [0.25, 0.3) is 0 Å². The minimum atomic E-state index is -0.461. The molecule has 0 aliphatic carbocycles. The van der Waals surface area contributed by atoms with Crippen LogP contribution < -0.4 is 10.2 Å². The number of carbonyl (C=O) groups is 3. The standard InChI is InChI=1S/C13H13ClN2O3/c1-2-10-13(19)15-12(18)6-16(10)11-4-3-9(14)5-8(11)7-17/h3-5,7,10H,2,6H2,1H3,(H,15,18,19). The molecule has 19 heavy (non-hydrogen) atoms. The van der Waals surface area contributed by atoms with Crippen LogP contribution in [0.4, 0.5) is 5.69 Å². The first-order valence-electron chi connectivity index (χ1n) is 5.92. The smallest absolute Gasteiger partial charge is 0.249 e. The average molecular weight is 281 g/mol. The lowest BCUT2D eigenvalue weighted by molar-refractivity contribution is -0.132. The van der Waals surface area contributed by atoms with Gasteiger partial charge in [0, 0.05) is 16.3 Å². The minimum Gasteiger partial charge on any atom is -0.350 e. The molecule has 1 aromatic rings. The van der Waals surface area contributed by atoms with Crippen molar-refractivity contribution in [2.24, 2.45) is 0 Å². The fourth-order valence-corrected chi connectivity index (χ4v) is 2.39. The summed E-state index contributed by atoms with van der Waals surface area (Å²) in [7, 11) is 0. The second-order valence-electron chi connectivity index (χ2n) is 4.29. The molecule has 5 nitrogen and oxygen atoms in total. The molecule has 1 N–H and O–H groups in total. The Morgan fingerprint density at radius 2 is 2.21 bits per heavy atom. The van der Waals surface area contributed by atoms with Crippen molar-refractivity contribution in [3.8, 4) is 0 Å². The van der Waals surface area contributed by atoms with Crippen molar-refractivity contribution in [3.05, 3.63) is 28.8 Å². The predicted molar refractivity (Wildman–Crippen MR) is 71.4 cm³/mol. The number of aldehydes is 1. The van der Waals surface area contributed by atoms with E-state index >= 15 is 0 Å². The zero-order chi connectivity index (χ0) is 14.0. The van der Waals surface area contributed by atoms with E-state index in [1.165, 1.54) is 6.07 Å². The maximum absolute atomic E-state index is 11.8. The van der Waals surface area contributed by atoms with Gasteiger partial charge >= 0.3 is 0 Å². The maximum Gasteiger partial charge on any atom is 0.249 e. The Kier molecular flexibility index (Phi) is 3.85. The highest BCUT2D eigenvalue weighted by molar-refractivity contribution is 6.31. The molecule has 0 bridgehead atoms. The number of nitrogens with zero attached hydrogens (tertiary/aromatic N) is 1. The first-order chi connectivity index (χ1) is 9.06. The third kappa shape index (κ3) is 2.61. The number of halogens is 1. The Morgan fingerprint density at radius 1 is 1.47 bits per heavy atom. The molecule has 0 spiro atoms. The molecule has 1 heterocycles. The van der Waals surface area contributed by atoms with Gasteiger partial charge in [0.25, 0.3) is 0 Å². The van der Waals surface area contributed by atoms with Gasteiger partial charge < -0.3 is 4.90 Å². The van der Waals surface area contributed by atoms with Gasteiger partial charge in [0.2, 0.25) is 11.8 Å². The van der Waals surface area contributed by atoms with Crippen LogP contribution in [0.2, 0.25) is 5.02 Å². The van der Waals surface area contributed by atoms with Crippen LogP contribution in [-0.4, -0.2) is 30.7 Å². The third-order valence-corrected chi connectivity index (χ3v) is 3.30. The van der Waals surface area contributed by atoms with Crippen LogP contribution in [0, 0.1) is 0 Å². The van der Waals surface area contributed by atoms with Gasteiger partial charge in [0.15, 0.2) is 6.29 Å². The topological polar surface area (TPSA) is 66.5 Å². The summed E-state index contributed by atoms with van der Waals surface area (Å²) in [5, 5.41) is 2.73. The lowest BCUT2D eigenvalue weighted by Crippen LogP contribution is -2.58. The van der Waals surface area contributed by atoms with Gasteiger partial charge in [0.05, 0.1) is 6.54 Å². The lowest BCUT2D eigenvalue weighted by atomic mass is 10.1. The summed E-state index contributed by atoms with van der Waals surface area (Å²) in [6.07, 6.45) is 1.21. The van der Waals surface area contributed by atoms with Gasteiger partial charge in [-0.1, -0.05) is 18.5 Å². The van der Waals surface area contributed by atoms with Gasteiger partial charge in [-0.15, -0.1) is 0 Å². The molecular weight excluding hydrogens is 268 g/mol. The second kappa shape index (κ2) is 5.40. The van der Waals surface area contributed by atoms with E-state index in [1.54, 1.807) is 17.0 Å². The fraction of sp³-hybridized carbons (Fsp3) is 0.308. The summed E-state index contributed by atoms with van der Waals surface area (Å²) >= 11 is 5.84. The Bertz CT molecular complexity index is 545. The lowest BCUT2D eigenvalue weighted by Gasteiger charge is -2.35. The minimum absolute atomic E-state index is 0.0483. The van der Waals surface area contributed by atoms with Gasteiger partial charge in [0.1, 0.15) is 6.04 Å². The summed E-state index contributed by atoms with van der Waals surface area (Å²) in [5.41, 5.74) is 0.919. The molecule has 1 aliphatic rings. The van der Waals surface area contributed by atoms with E-state index in [2.05, 4.69) is 5.32 Å². The van der Waals surface area contributed by atoms with Gasteiger partial charge in [-0.2, -0.15) is 0 Å². The number of hydrogen-bond acceptors (Lipinski definition) is 4. The second-order valence-corrected chi connectivity index (χ2v) is 4.72. The van der Waals surface area contributed by atoms with E-state index in [1.807, 2.05) is 6.92 Å². The molecule has 1 unspecified atom stereocenters. The van der Waals surface area contributed by atoms with Crippen molar-refractivity contribution in [1.29, 1.82) is 0 Å². The first kappa shape index (κ1) is 13.5. The molecule has 0 radical (unpaired) electrons. The molecular formula is C13H13ClN2O3. The molecule has 1 fully saturated rings. The maximum atomic E-state index is 11.8. The Balaban J connectivity index is 2.45. The summed E-state index contributed by atoms with van der Waals surface area (Å²) in [5.74, 6) is -0.716. The van der Waals surface area contributed by atoms with Gasteiger partial charge in [-0.25, -0.2) is 0 Å². The molecule has 1 atom stereocenters. The van der Waals surface area contributed by atoms with E-state index in [0.29, 0.717) is 29.0 Å². The van der Waals surface area contributed by atoms with Crippen LogP contribution in [0.15, 0.2) is 18.2 Å². The number of nitrogens with one attached hydrogen (secondary N) is 1. The number of benzene rings is 1. The van der Waals surface area contributed by atoms with E-state index < -0.39 is 6.04 Å². The highest BCUT2D eigenvalue weighted by atomic mass is 35.5. The fourth-order valence-electron chi connectivity index (χ4n) is 2.21. The average Bonchev–Trinajstić information content (AvgIpc) is 2.37. The predicted octanol–water partition coefficient (Wildman–Crippen LogP) is 1.39. The Hall–Kier alpha value is -1.88. The summed E-state index contributed by atoms with van der Waals surface area (Å²) in [6, 6.07) is 4.35. The van der Waals surface area contributed by atoms with Crippen LogP contribution in [0.3, 0.4) is 0 Å². The summed E-state index contributed by atoms with van der Waals surface area (Å²) in [4.78, 5) is 36.0. The Labute approximate surface area is 115 Å². The van der Waals surface area contributed by atoms with Crippen LogP contribution in [-0.2, 0) is 9.59 Å². The largest absolute Gasteiger partial charge is 0.350 e. The number of carbonyl (C=O) groups excluding carboxylic acids is 3. The van der Waals surface area contributed by atoms with Gasteiger partial charge in [-0.05, 0) is 24.6 Å². The number of imide groups is 1. The number of piperazine rings is 1. The summed E-state index contributed by atoms with van der Waals surface area (Å²) in [6.45, 7) is 1.90. The SMILES string of the molecule is CCC1C(=O)NC(=O)CN1c1ccc(Cl)cc1C=O. The molecule has 1 aliphatic heterocycles. The molecule has 1 aromatic carbocycles. The molecule has 2 rings (SSSR count). The quantitative estimate of drug-likeness (QED) is 0.671. The molecule has 0 aromatic heterocycles. The zero-order valence-electron chi connectivity index (χ0n) is 10.4. The number of anilines is 1. The van der Waals surface area contributed by atoms with Crippen LogP contribution in [0.1, 0.15) is 23.7 Å². The van der Waals surface area contributed by atoms with E-state index in [-0.39, 0.29) is 18.4 Å². The molecule has 1 saturated heterocycles. The molecule has 0 saturated carbocycles. The number of amides is 2. The van der Waals surface area contributed by atoms with Crippen LogP contribution >= 0.6 is 11.6 Å². The van der Waals surface area contributed by atoms with Crippen molar-refractivity contribution in [3.63, 3.8) is 0 Å². The zero-order valence-corrected chi connectivity index (χ0v) is 11.1. The van der Waals surface area contributed by atoms with Gasteiger partial charge in [-0.3, -0.25) is 19.7 Å². The normalized spacial score (nSPS) is 19.3. The first-order valence-corrected chi connectivity index (χ1v) is 6.29. The monoisotopic (exact) mass is 280 g/mol.